The van der Waals surface area contributed by atoms with Crippen LogP contribution in [0.2, 0.25) is 0 Å². The largest absolute Gasteiger partial charge is 0.389 e. The predicted octanol–water partition coefficient (Wildman–Crippen LogP) is 1.16. The van der Waals surface area contributed by atoms with Crippen LogP contribution in [-0.2, 0) is 4.79 Å². The minimum atomic E-state index is -0.436. The lowest BCUT2D eigenvalue weighted by Gasteiger charge is -2.37. The molecule has 0 spiro atoms. The quantitative estimate of drug-likeness (QED) is 0.749. The number of carbonyl (C=O) groups excluding carboxylic acids is 1. The minimum absolute atomic E-state index is 0.118. The lowest BCUT2D eigenvalue weighted by Crippen LogP contribution is -2.45. The number of allylic oxidation sites excluding steroid dienone is 1. The number of aliphatic hydroxyl groups excluding tert-OH is 1. The number of nitrogens with zero attached hydrogens (tertiary/aromatic N) is 3. The van der Waals surface area contributed by atoms with Gasteiger partial charge in [-0.15, -0.1) is 0 Å². The van der Waals surface area contributed by atoms with Gasteiger partial charge in [0, 0.05) is 56.1 Å². The first-order chi connectivity index (χ1) is 14.1. The Balaban J connectivity index is 1.19. The first-order valence-corrected chi connectivity index (χ1v) is 11.1. The Bertz CT molecular complexity index is 799. The number of fused-ring (bicyclic) bond motifs is 1. The SMILES string of the molecule is NC1CCN(C2CCN(C3=CCC(N4CCC5=CC(O)CC=C5C4=O)C=C3)C2)C1. The summed E-state index contributed by atoms with van der Waals surface area (Å²) in [6.45, 7) is 5.09. The normalized spacial score (nSPS) is 35.5. The molecule has 4 unspecified atom stereocenters. The molecular formula is C23H32N4O2. The molecule has 3 fully saturated rings. The molecule has 2 aliphatic carbocycles. The van der Waals surface area contributed by atoms with E-state index in [2.05, 4.69) is 28.0 Å². The van der Waals surface area contributed by atoms with Gasteiger partial charge in [0.25, 0.3) is 5.91 Å². The second kappa shape index (κ2) is 7.74. The molecule has 3 N–H and O–H groups in total. The molecule has 5 rings (SSSR count). The van der Waals surface area contributed by atoms with E-state index < -0.39 is 6.10 Å². The predicted molar refractivity (Wildman–Crippen MR) is 113 cm³/mol. The third kappa shape index (κ3) is 3.69. The minimum Gasteiger partial charge on any atom is -0.389 e. The molecule has 3 saturated heterocycles. The van der Waals surface area contributed by atoms with Crippen molar-refractivity contribution in [3.8, 4) is 0 Å². The monoisotopic (exact) mass is 396 g/mol. The molecule has 0 saturated carbocycles. The number of nitrogens with two attached hydrogens (primary N) is 1. The molecule has 3 aliphatic heterocycles. The Morgan fingerprint density at radius 2 is 1.97 bits per heavy atom. The van der Waals surface area contributed by atoms with E-state index in [0.29, 0.717) is 18.5 Å². The molecule has 0 bridgehead atoms. The van der Waals surface area contributed by atoms with Crippen LogP contribution in [0, 0.1) is 0 Å². The van der Waals surface area contributed by atoms with E-state index in [4.69, 9.17) is 5.73 Å². The number of carbonyl (C=O) groups is 1. The summed E-state index contributed by atoms with van der Waals surface area (Å²) in [7, 11) is 0. The van der Waals surface area contributed by atoms with Crippen molar-refractivity contribution in [2.75, 3.05) is 32.7 Å². The molecule has 156 valence electrons. The zero-order valence-electron chi connectivity index (χ0n) is 17.0. The first kappa shape index (κ1) is 19.1. The van der Waals surface area contributed by atoms with Gasteiger partial charge in [0.2, 0.25) is 0 Å². The Hall–Kier alpha value is -1.89. The highest BCUT2D eigenvalue weighted by molar-refractivity contribution is 5.99. The maximum absolute atomic E-state index is 13.0. The van der Waals surface area contributed by atoms with Gasteiger partial charge in [-0.05, 0) is 43.8 Å². The average molecular weight is 397 g/mol. The van der Waals surface area contributed by atoms with Gasteiger partial charge < -0.3 is 20.6 Å². The second-order valence-corrected chi connectivity index (χ2v) is 9.08. The van der Waals surface area contributed by atoms with Crippen molar-refractivity contribution in [3.05, 3.63) is 47.2 Å². The van der Waals surface area contributed by atoms with E-state index in [1.807, 2.05) is 17.1 Å². The van der Waals surface area contributed by atoms with E-state index in [1.165, 1.54) is 12.1 Å². The molecule has 3 heterocycles. The van der Waals surface area contributed by atoms with Gasteiger partial charge in [-0.25, -0.2) is 0 Å². The number of hydrogen-bond donors (Lipinski definition) is 2. The van der Waals surface area contributed by atoms with E-state index in [-0.39, 0.29) is 11.9 Å². The summed E-state index contributed by atoms with van der Waals surface area (Å²) in [4.78, 5) is 20.0. The fraction of sp³-hybridized carbons (Fsp3) is 0.609. The molecule has 1 amide bonds. The van der Waals surface area contributed by atoms with Gasteiger partial charge in [0.15, 0.2) is 0 Å². The second-order valence-electron chi connectivity index (χ2n) is 9.08. The Kier molecular flexibility index (Phi) is 5.10. The van der Waals surface area contributed by atoms with Crippen molar-refractivity contribution in [3.63, 3.8) is 0 Å². The van der Waals surface area contributed by atoms with Crippen molar-refractivity contribution >= 4 is 5.91 Å². The number of piperidine rings is 1. The van der Waals surface area contributed by atoms with Crippen LogP contribution >= 0.6 is 0 Å². The third-order valence-electron chi connectivity index (χ3n) is 7.18. The summed E-state index contributed by atoms with van der Waals surface area (Å²) in [6.07, 6.45) is 14.6. The summed E-state index contributed by atoms with van der Waals surface area (Å²) in [5, 5.41) is 9.80. The smallest absolute Gasteiger partial charge is 0.254 e. The van der Waals surface area contributed by atoms with Crippen molar-refractivity contribution in [2.45, 2.75) is 56.3 Å². The zero-order chi connectivity index (χ0) is 20.0. The third-order valence-corrected chi connectivity index (χ3v) is 7.18. The van der Waals surface area contributed by atoms with Crippen LogP contribution < -0.4 is 5.73 Å². The number of aliphatic hydroxyl groups is 1. The Morgan fingerprint density at radius 3 is 2.72 bits per heavy atom. The van der Waals surface area contributed by atoms with Gasteiger partial charge in [-0.2, -0.15) is 0 Å². The number of likely N-dealkylation sites (tertiary alicyclic amines) is 3. The van der Waals surface area contributed by atoms with E-state index in [1.54, 1.807) is 0 Å². The van der Waals surface area contributed by atoms with Crippen molar-refractivity contribution in [1.29, 1.82) is 0 Å². The molecule has 5 aliphatic rings. The summed E-state index contributed by atoms with van der Waals surface area (Å²) >= 11 is 0. The number of amides is 1. The topological polar surface area (TPSA) is 73.0 Å². The fourth-order valence-electron chi connectivity index (χ4n) is 5.50. The molecule has 6 heteroatoms. The van der Waals surface area contributed by atoms with E-state index >= 15 is 0 Å². The van der Waals surface area contributed by atoms with Gasteiger partial charge in [-0.3, -0.25) is 9.69 Å². The van der Waals surface area contributed by atoms with E-state index in [0.717, 1.165) is 63.1 Å². The van der Waals surface area contributed by atoms with E-state index in [9.17, 15) is 9.90 Å². The van der Waals surface area contributed by atoms with Gasteiger partial charge in [0.05, 0.1) is 12.1 Å². The number of rotatable bonds is 3. The highest BCUT2D eigenvalue weighted by Crippen LogP contribution is 2.32. The maximum Gasteiger partial charge on any atom is 0.254 e. The van der Waals surface area contributed by atoms with Crippen LogP contribution in [0.15, 0.2) is 47.2 Å². The van der Waals surface area contributed by atoms with Crippen LogP contribution in [0.3, 0.4) is 0 Å². The molecule has 0 radical (unpaired) electrons. The van der Waals surface area contributed by atoms with Gasteiger partial charge in [-0.1, -0.05) is 24.3 Å². The van der Waals surface area contributed by atoms with Crippen LogP contribution in [0.4, 0.5) is 0 Å². The zero-order valence-corrected chi connectivity index (χ0v) is 17.0. The molecule has 4 atom stereocenters. The van der Waals surface area contributed by atoms with Gasteiger partial charge in [0.1, 0.15) is 0 Å². The van der Waals surface area contributed by atoms with Crippen molar-refractivity contribution in [1.82, 2.24) is 14.7 Å². The lowest BCUT2D eigenvalue weighted by molar-refractivity contribution is -0.129. The highest BCUT2D eigenvalue weighted by Gasteiger charge is 2.35. The van der Waals surface area contributed by atoms with Crippen molar-refractivity contribution in [2.24, 2.45) is 5.73 Å². The standard InChI is InChI=1S/C23H32N4O2/c24-17-8-10-25(14-17)20-9-11-26(15-20)18-1-3-19(4-2-18)27-12-7-16-13-21(28)5-6-22(16)23(27)29/h1-3,6,13,17,19-21,28H,4-5,7-12,14-15,24H2. The summed E-state index contributed by atoms with van der Waals surface area (Å²) < 4.78 is 0. The summed E-state index contributed by atoms with van der Waals surface area (Å²) in [6, 6.07) is 1.10. The molecule has 0 aromatic carbocycles. The van der Waals surface area contributed by atoms with Crippen LogP contribution in [0.5, 0.6) is 0 Å². The van der Waals surface area contributed by atoms with Gasteiger partial charge >= 0.3 is 0 Å². The Morgan fingerprint density at radius 1 is 1.07 bits per heavy atom. The summed E-state index contributed by atoms with van der Waals surface area (Å²) in [5.41, 5.74) is 9.21. The lowest BCUT2D eigenvalue weighted by atomic mass is 9.88. The van der Waals surface area contributed by atoms with Crippen LogP contribution in [0.1, 0.15) is 32.1 Å². The maximum atomic E-state index is 13.0. The Labute approximate surface area is 173 Å². The fourth-order valence-corrected chi connectivity index (χ4v) is 5.50. The first-order valence-electron chi connectivity index (χ1n) is 11.1. The highest BCUT2D eigenvalue weighted by atomic mass is 16.3. The molecular weight excluding hydrogens is 364 g/mol. The molecule has 0 aromatic heterocycles. The number of hydrogen-bond acceptors (Lipinski definition) is 5. The summed E-state index contributed by atoms with van der Waals surface area (Å²) in [5.74, 6) is 0.118. The molecule has 29 heavy (non-hydrogen) atoms. The molecule has 0 aromatic rings. The average Bonchev–Trinajstić information content (AvgIpc) is 3.37. The van der Waals surface area contributed by atoms with Crippen LogP contribution in [-0.4, -0.2) is 82.7 Å². The van der Waals surface area contributed by atoms with Crippen molar-refractivity contribution < 1.29 is 9.90 Å². The van der Waals surface area contributed by atoms with Crippen LogP contribution in [0.25, 0.3) is 0 Å². The molecule has 6 nitrogen and oxygen atoms in total.